The molecule has 0 atom stereocenters. The molecule has 1 N–H and O–H groups in total. The molecule has 0 saturated carbocycles. The summed E-state index contributed by atoms with van der Waals surface area (Å²) >= 11 is 5.30. The van der Waals surface area contributed by atoms with Gasteiger partial charge in [0.2, 0.25) is 0 Å². The van der Waals surface area contributed by atoms with Crippen LogP contribution in [0, 0.1) is 0 Å². The third-order valence-corrected chi connectivity index (χ3v) is 3.86. The smallest absolute Gasteiger partial charge is 0.257 e. The van der Waals surface area contributed by atoms with E-state index in [1.54, 1.807) is 29.2 Å². The molecule has 0 aliphatic rings. The molecule has 0 bridgehead atoms. The van der Waals surface area contributed by atoms with Crippen LogP contribution < -0.4 is 15.0 Å². The van der Waals surface area contributed by atoms with Crippen molar-refractivity contribution in [2.24, 2.45) is 0 Å². The zero-order valence-corrected chi connectivity index (χ0v) is 15.2. The summed E-state index contributed by atoms with van der Waals surface area (Å²) in [6, 6.07) is 16.5. The Labute approximate surface area is 153 Å². The molecule has 0 aliphatic heterocycles. The van der Waals surface area contributed by atoms with E-state index in [0.29, 0.717) is 36.2 Å². The molecule has 0 unspecified atom stereocenters. The maximum absolute atomic E-state index is 12.3. The third kappa shape index (κ3) is 5.85. The van der Waals surface area contributed by atoms with Gasteiger partial charge in [-0.15, -0.1) is 0 Å². The van der Waals surface area contributed by atoms with E-state index < -0.39 is 0 Å². The number of hydrogen-bond acceptors (Lipinski definition) is 4. The molecule has 0 radical (unpaired) electrons. The largest absolute Gasteiger partial charge is 0.491 e. The van der Waals surface area contributed by atoms with Crippen LogP contribution in [-0.4, -0.2) is 37.9 Å². The summed E-state index contributed by atoms with van der Waals surface area (Å²) in [6.45, 7) is 3.62. The second kappa shape index (κ2) is 9.76. The molecule has 5 nitrogen and oxygen atoms in total. The average molecular weight is 358 g/mol. The minimum atomic E-state index is -0.256. The second-order valence-corrected chi connectivity index (χ2v) is 5.61. The molecule has 2 rings (SSSR count). The highest BCUT2D eigenvalue weighted by Gasteiger charge is 2.12. The molecule has 0 fully saturated rings. The van der Waals surface area contributed by atoms with Crippen LogP contribution in [0.2, 0.25) is 0 Å². The van der Waals surface area contributed by atoms with E-state index in [9.17, 15) is 4.79 Å². The molecule has 6 heteroatoms. The molecule has 0 aromatic heterocycles. The van der Waals surface area contributed by atoms with Gasteiger partial charge in [0.05, 0.1) is 6.61 Å². The number of para-hydroxylation sites is 1. The highest BCUT2D eigenvalue weighted by Crippen LogP contribution is 2.13. The lowest BCUT2D eigenvalue weighted by atomic mass is 10.2. The molecule has 2 aromatic carbocycles. The predicted octanol–water partition coefficient (Wildman–Crippen LogP) is 3.25. The topological polar surface area (TPSA) is 50.8 Å². The quantitative estimate of drug-likeness (QED) is 0.608. The lowest BCUT2D eigenvalue weighted by Gasteiger charge is -2.20. The van der Waals surface area contributed by atoms with Crippen LogP contribution in [0.3, 0.4) is 0 Å². The van der Waals surface area contributed by atoms with Gasteiger partial charge in [0.15, 0.2) is 5.11 Å². The maximum Gasteiger partial charge on any atom is 0.257 e. The first-order valence-corrected chi connectivity index (χ1v) is 8.47. The van der Waals surface area contributed by atoms with Gasteiger partial charge in [-0.05, 0) is 55.5 Å². The van der Waals surface area contributed by atoms with Crippen molar-refractivity contribution in [2.75, 3.05) is 31.8 Å². The number of carbonyl (C=O) groups is 1. The molecule has 132 valence electrons. The van der Waals surface area contributed by atoms with Crippen LogP contribution in [0.1, 0.15) is 17.3 Å². The molecule has 0 aliphatic carbocycles. The number of benzene rings is 2. The number of thiocarbonyl (C=S) groups is 1. The monoisotopic (exact) mass is 358 g/mol. The Morgan fingerprint density at radius 2 is 1.76 bits per heavy atom. The summed E-state index contributed by atoms with van der Waals surface area (Å²) in [6.07, 6.45) is 0. The van der Waals surface area contributed by atoms with Gasteiger partial charge >= 0.3 is 0 Å². The number of hydrogen-bond donors (Lipinski definition) is 1. The molecule has 0 saturated heterocycles. The van der Waals surface area contributed by atoms with Gasteiger partial charge in [-0.3, -0.25) is 10.1 Å². The fourth-order valence-corrected chi connectivity index (χ4v) is 2.29. The predicted molar refractivity (Wildman–Crippen MR) is 103 cm³/mol. The van der Waals surface area contributed by atoms with Crippen LogP contribution in [0.25, 0.3) is 0 Å². The molecule has 0 heterocycles. The van der Waals surface area contributed by atoms with Gasteiger partial charge < -0.3 is 14.4 Å². The Morgan fingerprint density at radius 1 is 1.08 bits per heavy atom. The lowest BCUT2D eigenvalue weighted by molar-refractivity contribution is 0.0976. The molecule has 25 heavy (non-hydrogen) atoms. The van der Waals surface area contributed by atoms with Crippen LogP contribution >= 0.6 is 12.2 Å². The number of amides is 1. The van der Waals surface area contributed by atoms with Gasteiger partial charge in [0, 0.05) is 24.9 Å². The molecular formula is C19H22N2O3S. The summed E-state index contributed by atoms with van der Waals surface area (Å²) in [4.78, 5) is 14.1. The van der Waals surface area contributed by atoms with E-state index in [4.69, 9.17) is 21.7 Å². The van der Waals surface area contributed by atoms with Crippen LogP contribution in [0.5, 0.6) is 5.75 Å². The first-order valence-electron chi connectivity index (χ1n) is 8.06. The zero-order chi connectivity index (χ0) is 18.1. The summed E-state index contributed by atoms with van der Waals surface area (Å²) in [5.74, 6) is 0.439. The van der Waals surface area contributed by atoms with Crippen LogP contribution in [0.15, 0.2) is 54.6 Å². The van der Waals surface area contributed by atoms with Crippen LogP contribution in [-0.2, 0) is 4.74 Å². The highest BCUT2D eigenvalue weighted by atomic mass is 32.1. The van der Waals surface area contributed by atoms with Crippen LogP contribution in [0.4, 0.5) is 5.69 Å². The molecular weight excluding hydrogens is 336 g/mol. The van der Waals surface area contributed by atoms with E-state index in [1.165, 1.54) is 0 Å². The Hall–Kier alpha value is -2.44. The second-order valence-electron chi connectivity index (χ2n) is 5.22. The van der Waals surface area contributed by atoms with Crippen molar-refractivity contribution in [1.82, 2.24) is 5.32 Å². The van der Waals surface area contributed by atoms with Crippen molar-refractivity contribution in [3.63, 3.8) is 0 Å². The van der Waals surface area contributed by atoms with E-state index in [-0.39, 0.29) is 5.91 Å². The lowest BCUT2D eigenvalue weighted by Crippen LogP contribution is -2.40. The van der Waals surface area contributed by atoms with E-state index in [1.807, 2.05) is 44.3 Å². The number of nitrogens with zero attached hydrogens (tertiary/aromatic N) is 1. The number of carbonyl (C=O) groups excluding carboxylic acids is 1. The molecule has 0 spiro atoms. The van der Waals surface area contributed by atoms with E-state index in [2.05, 4.69) is 5.32 Å². The minimum Gasteiger partial charge on any atom is -0.491 e. The minimum absolute atomic E-state index is 0.256. The summed E-state index contributed by atoms with van der Waals surface area (Å²) < 4.78 is 10.7. The maximum atomic E-state index is 12.3. The zero-order valence-electron chi connectivity index (χ0n) is 14.4. The highest BCUT2D eigenvalue weighted by molar-refractivity contribution is 7.80. The van der Waals surface area contributed by atoms with Crippen molar-refractivity contribution >= 4 is 28.9 Å². The van der Waals surface area contributed by atoms with Crippen molar-refractivity contribution in [3.05, 3.63) is 60.2 Å². The molecule has 2 aromatic rings. The van der Waals surface area contributed by atoms with Gasteiger partial charge in [0.1, 0.15) is 12.4 Å². The third-order valence-electron chi connectivity index (χ3n) is 3.49. The standard InChI is InChI=1S/C19H22N2O3S/c1-3-23-13-14-24-17-11-9-15(10-12-17)18(22)20-19(25)21(2)16-7-5-4-6-8-16/h4-12H,3,13-14H2,1-2H3,(H,20,22,25). The number of anilines is 1. The first-order chi connectivity index (χ1) is 12.1. The Morgan fingerprint density at radius 3 is 2.40 bits per heavy atom. The van der Waals surface area contributed by atoms with Gasteiger partial charge in [-0.1, -0.05) is 18.2 Å². The fraction of sp³-hybridized carbons (Fsp3) is 0.263. The normalized spacial score (nSPS) is 10.2. The summed E-state index contributed by atoms with van der Waals surface area (Å²) in [7, 11) is 1.81. The van der Waals surface area contributed by atoms with E-state index >= 15 is 0 Å². The number of nitrogens with one attached hydrogen (secondary N) is 1. The summed E-state index contributed by atoms with van der Waals surface area (Å²) in [5.41, 5.74) is 1.42. The van der Waals surface area contributed by atoms with Crippen molar-refractivity contribution < 1.29 is 14.3 Å². The van der Waals surface area contributed by atoms with Crippen molar-refractivity contribution in [1.29, 1.82) is 0 Å². The van der Waals surface area contributed by atoms with Gasteiger partial charge in [0.25, 0.3) is 5.91 Å². The van der Waals surface area contributed by atoms with Crippen molar-refractivity contribution in [2.45, 2.75) is 6.92 Å². The number of ether oxygens (including phenoxy) is 2. The first kappa shape index (κ1) is 18.9. The van der Waals surface area contributed by atoms with E-state index in [0.717, 1.165) is 5.69 Å². The van der Waals surface area contributed by atoms with Gasteiger partial charge in [-0.25, -0.2) is 0 Å². The SMILES string of the molecule is CCOCCOc1ccc(C(=O)NC(=S)N(C)c2ccccc2)cc1. The Kier molecular flexibility index (Phi) is 7.37. The van der Waals surface area contributed by atoms with Gasteiger partial charge in [-0.2, -0.15) is 0 Å². The average Bonchev–Trinajstić information content (AvgIpc) is 2.65. The summed E-state index contributed by atoms with van der Waals surface area (Å²) in [5, 5.41) is 3.07. The Balaban J connectivity index is 1.88. The van der Waals surface area contributed by atoms with Crippen molar-refractivity contribution in [3.8, 4) is 5.75 Å². The Bertz CT molecular complexity index is 690. The fourth-order valence-electron chi connectivity index (χ4n) is 2.09. The number of rotatable bonds is 7. The molecule has 1 amide bonds.